The van der Waals surface area contributed by atoms with Crippen LogP contribution in [-0.4, -0.2) is 25.0 Å². The van der Waals surface area contributed by atoms with Gasteiger partial charge in [0, 0.05) is 10.9 Å². The van der Waals surface area contributed by atoms with Crippen molar-refractivity contribution < 1.29 is 8.42 Å². The second-order valence-electron chi connectivity index (χ2n) is 4.75. The van der Waals surface area contributed by atoms with Crippen LogP contribution in [0.4, 0.5) is 0 Å². The van der Waals surface area contributed by atoms with Gasteiger partial charge in [-0.25, -0.2) is 13.1 Å². The van der Waals surface area contributed by atoms with E-state index in [1.54, 1.807) is 0 Å². The van der Waals surface area contributed by atoms with Crippen LogP contribution in [0.15, 0.2) is 0 Å². The molecule has 3 nitrogen and oxygen atoms in total. The molecule has 0 heterocycles. The monoisotopic (exact) mass is 295 g/mol. The third-order valence-electron chi connectivity index (χ3n) is 3.16. The molecule has 2 saturated carbocycles. The summed E-state index contributed by atoms with van der Waals surface area (Å²) in [6.45, 7) is 0. The second kappa shape index (κ2) is 4.72. The van der Waals surface area contributed by atoms with Gasteiger partial charge in [-0.15, -0.1) is 0 Å². The molecule has 0 radical (unpaired) electrons. The first-order valence-corrected chi connectivity index (χ1v) is 8.28. The van der Waals surface area contributed by atoms with Gasteiger partial charge in [-0.05, 0) is 31.6 Å². The number of nitrogens with one attached hydrogen (secondary N) is 1. The van der Waals surface area contributed by atoms with Crippen molar-refractivity contribution in [1.29, 1.82) is 0 Å². The van der Waals surface area contributed by atoms with Gasteiger partial charge in [0.2, 0.25) is 10.0 Å². The Kier molecular flexibility index (Phi) is 3.73. The highest BCUT2D eigenvalue weighted by atomic mass is 79.9. The van der Waals surface area contributed by atoms with Crippen molar-refractivity contribution in [3.8, 4) is 0 Å². The van der Waals surface area contributed by atoms with Crippen molar-refractivity contribution in [2.24, 2.45) is 5.92 Å². The SMILES string of the molecule is O=S(=O)(CC1CC1)NC1CCCCC1Br. The lowest BCUT2D eigenvalue weighted by Gasteiger charge is -2.27. The molecule has 2 aliphatic carbocycles. The lowest BCUT2D eigenvalue weighted by Crippen LogP contribution is -2.43. The van der Waals surface area contributed by atoms with Crippen molar-refractivity contribution >= 4 is 26.0 Å². The van der Waals surface area contributed by atoms with Crippen LogP contribution >= 0.6 is 15.9 Å². The Hall–Kier alpha value is 0.390. The molecule has 0 saturated heterocycles. The zero-order valence-electron chi connectivity index (χ0n) is 8.78. The smallest absolute Gasteiger partial charge is 0.212 e. The van der Waals surface area contributed by atoms with Gasteiger partial charge in [-0.3, -0.25) is 0 Å². The molecule has 0 amide bonds. The molecule has 0 aromatic heterocycles. The zero-order chi connectivity index (χ0) is 10.9. The molecule has 88 valence electrons. The molecule has 0 bridgehead atoms. The summed E-state index contributed by atoms with van der Waals surface area (Å²) in [7, 11) is -3.03. The van der Waals surface area contributed by atoms with Crippen molar-refractivity contribution in [1.82, 2.24) is 4.72 Å². The quantitative estimate of drug-likeness (QED) is 0.807. The fourth-order valence-corrected chi connectivity index (χ4v) is 4.78. The number of hydrogen-bond acceptors (Lipinski definition) is 2. The van der Waals surface area contributed by atoms with E-state index in [-0.39, 0.29) is 6.04 Å². The molecule has 5 heteroatoms. The van der Waals surface area contributed by atoms with Gasteiger partial charge < -0.3 is 0 Å². The van der Waals surface area contributed by atoms with Gasteiger partial charge in [0.05, 0.1) is 5.75 Å². The maximum atomic E-state index is 11.8. The highest BCUT2D eigenvalue weighted by Gasteiger charge is 2.31. The first kappa shape index (κ1) is 11.9. The van der Waals surface area contributed by atoms with Crippen LogP contribution in [0, 0.1) is 5.92 Å². The van der Waals surface area contributed by atoms with Crippen LogP contribution in [0.25, 0.3) is 0 Å². The summed E-state index contributed by atoms with van der Waals surface area (Å²) < 4.78 is 26.4. The van der Waals surface area contributed by atoms with Crippen LogP contribution in [0.2, 0.25) is 0 Å². The third-order valence-corrected chi connectivity index (χ3v) is 5.83. The summed E-state index contributed by atoms with van der Waals surface area (Å²) in [6.07, 6.45) is 6.57. The van der Waals surface area contributed by atoms with Crippen molar-refractivity contribution in [2.45, 2.75) is 49.4 Å². The first-order valence-electron chi connectivity index (χ1n) is 5.71. The number of alkyl halides is 1. The highest BCUT2D eigenvalue weighted by Crippen LogP contribution is 2.31. The van der Waals surface area contributed by atoms with Crippen LogP contribution in [0.3, 0.4) is 0 Å². The minimum atomic E-state index is -3.03. The second-order valence-corrected chi connectivity index (χ2v) is 7.72. The summed E-state index contributed by atoms with van der Waals surface area (Å²) >= 11 is 3.56. The van der Waals surface area contributed by atoms with Crippen molar-refractivity contribution in [3.05, 3.63) is 0 Å². The fraction of sp³-hybridized carbons (Fsp3) is 1.00. The Morgan fingerprint density at radius 1 is 1.13 bits per heavy atom. The Morgan fingerprint density at radius 2 is 1.80 bits per heavy atom. The molecule has 0 aliphatic heterocycles. The molecular weight excluding hydrogens is 278 g/mol. The average Bonchev–Trinajstić information content (AvgIpc) is 2.91. The Labute approximate surface area is 100 Å². The number of hydrogen-bond donors (Lipinski definition) is 1. The molecule has 2 fully saturated rings. The summed E-state index contributed by atoms with van der Waals surface area (Å²) in [5.74, 6) is 0.767. The lowest BCUT2D eigenvalue weighted by molar-refractivity contribution is 0.427. The van der Waals surface area contributed by atoms with Crippen LogP contribution in [0.5, 0.6) is 0 Å². The maximum absolute atomic E-state index is 11.8. The molecule has 1 N–H and O–H groups in total. The molecule has 0 aromatic carbocycles. The normalized spacial score (nSPS) is 32.9. The first-order chi connectivity index (χ1) is 7.07. The third kappa shape index (κ3) is 3.71. The summed E-state index contributed by atoms with van der Waals surface area (Å²) in [5.41, 5.74) is 0. The van der Waals surface area contributed by atoms with Gasteiger partial charge in [0.25, 0.3) is 0 Å². The van der Waals surface area contributed by atoms with E-state index >= 15 is 0 Å². The predicted molar refractivity (Wildman–Crippen MR) is 64.6 cm³/mol. The molecule has 2 atom stereocenters. The molecule has 2 rings (SSSR count). The van der Waals surface area contributed by atoms with Crippen molar-refractivity contribution in [3.63, 3.8) is 0 Å². The standard InChI is InChI=1S/C10H18BrNO2S/c11-9-3-1-2-4-10(9)12-15(13,14)7-8-5-6-8/h8-10,12H,1-7H2. The van der Waals surface area contributed by atoms with E-state index in [1.165, 1.54) is 6.42 Å². The van der Waals surface area contributed by atoms with E-state index in [1.807, 2.05) is 0 Å². The Morgan fingerprint density at radius 3 is 2.40 bits per heavy atom. The largest absolute Gasteiger partial charge is 0.212 e. The molecule has 2 aliphatic rings. The van der Waals surface area contributed by atoms with Gasteiger partial charge in [0.1, 0.15) is 0 Å². The van der Waals surface area contributed by atoms with E-state index in [2.05, 4.69) is 20.7 Å². The molecular formula is C10H18BrNO2S. The number of rotatable bonds is 4. The number of sulfonamides is 1. The average molecular weight is 296 g/mol. The van der Waals surface area contributed by atoms with Crippen LogP contribution in [-0.2, 0) is 10.0 Å². The van der Waals surface area contributed by atoms with E-state index < -0.39 is 10.0 Å². The van der Waals surface area contributed by atoms with E-state index in [9.17, 15) is 8.42 Å². The fourth-order valence-electron chi connectivity index (χ4n) is 2.09. The minimum absolute atomic E-state index is 0.113. The topological polar surface area (TPSA) is 46.2 Å². The molecule has 15 heavy (non-hydrogen) atoms. The maximum Gasteiger partial charge on any atom is 0.212 e. The summed E-state index contributed by atoms with van der Waals surface area (Å²) in [4.78, 5) is 0.320. The molecule has 2 unspecified atom stereocenters. The van der Waals surface area contributed by atoms with Crippen LogP contribution in [0.1, 0.15) is 38.5 Å². The van der Waals surface area contributed by atoms with Gasteiger partial charge in [-0.1, -0.05) is 28.8 Å². The van der Waals surface area contributed by atoms with Gasteiger partial charge in [0.15, 0.2) is 0 Å². The highest BCUT2D eigenvalue weighted by molar-refractivity contribution is 9.09. The zero-order valence-corrected chi connectivity index (χ0v) is 11.2. The lowest BCUT2D eigenvalue weighted by atomic mass is 9.96. The van der Waals surface area contributed by atoms with Crippen molar-refractivity contribution in [2.75, 3.05) is 5.75 Å². The Balaban J connectivity index is 1.88. The summed E-state index contributed by atoms with van der Waals surface area (Å²) in [6, 6.07) is 0.113. The van der Waals surface area contributed by atoms with E-state index in [0.717, 1.165) is 32.1 Å². The van der Waals surface area contributed by atoms with Crippen LogP contribution < -0.4 is 4.72 Å². The minimum Gasteiger partial charge on any atom is -0.212 e. The predicted octanol–water partition coefficient (Wildman–Crippen LogP) is 2.02. The molecule has 0 aromatic rings. The number of halogens is 1. The molecule has 0 spiro atoms. The van der Waals surface area contributed by atoms with E-state index in [0.29, 0.717) is 16.5 Å². The van der Waals surface area contributed by atoms with Gasteiger partial charge >= 0.3 is 0 Å². The Bertz CT molecular complexity index is 313. The van der Waals surface area contributed by atoms with Gasteiger partial charge in [-0.2, -0.15) is 0 Å². The summed E-state index contributed by atoms with van der Waals surface area (Å²) in [5, 5.41) is 0. The van der Waals surface area contributed by atoms with E-state index in [4.69, 9.17) is 0 Å².